The molecule has 2 aromatic heterocycles. The molecule has 0 spiro atoms. The van der Waals surface area contributed by atoms with Crippen LogP contribution in [0.15, 0.2) is 23.8 Å². The smallest absolute Gasteiger partial charge is 0.365 e. The molecule has 7 heteroatoms. The Labute approximate surface area is 106 Å². The zero-order valence-electron chi connectivity index (χ0n) is 9.45. The van der Waals surface area contributed by atoms with Crippen LogP contribution >= 0.6 is 11.3 Å². The van der Waals surface area contributed by atoms with E-state index >= 15 is 0 Å². The molecule has 0 unspecified atom stereocenters. The molecule has 2 rings (SSSR count). The van der Waals surface area contributed by atoms with Crippen molar-refractivity contribution >= 4 is 17.2 Å². The first kappa shape index (κ1) is 12.8. The van der Waals surface area contributed by atoms with Gasteiger partial charge in [-0.3, -0.25) is 0 Å². The topological polar surface area (TPSA) is 37.8 Å². The van der Waals surface area contributed by atoms with Crippen LogP contribution in [0.3, 0.4) is 0 Å². The van der Waals surface area contributed by atoms with Gasteiger partial charge in [0.25, 0.3) is 0 Å². The maximum Gasteiger partial charge on any atom is 0.419 e. The summed E-state index contributed by atoms with van der Waals surface area (Å²) in [7, 11) is 0. The van der Waals surface area contributed by atoms with E-state index in [1.165, 1.54) is 23.6 Å². The summed E-state index contributed by atoms with van der Waals surface area (Å²) in [5.74, 6) is -0.155. The summed E-state index contributed by atoms with van der Waals surface area (Å²) < 4.78 is 38.1. The summed E-state index contributed by atoms with van der Waals surface area (Å²) in [6, 6.07) is 2.28. The van der Waals surface area contributed by atoms with Gasteiger partial charge >= 0.3 is 6.18 Å². The number of hydrogen-bond donors (Lipinski definition) is 1. The highest BCUT2D eigenvalue weighted by Gasteiger charge is 2.33. The maximum absolute atomic E-state index is 12.7. The van der Waals surface area contributed by atoms with E-state index in [2.05, 4.69) is 15.3 Å². The number of rotatable bonds is 3. The van der Waals surface area contributed by atoms with Crippen molar-refractivity contribution in [3.63, 3.8) is 0 Å². The van der Waals surface area contributed by atoms with Crippen LogP contribution < -0.4 is 5.32 Å². The van der Waals surface area contributed by atoms with Crippen molar-refractivity contribution in [2.45, 2.75) is 19.6 Å². The molecular formula is C11H10F3N3S. The number of aryl methyl sites for hydroxylation is 1. The van der Waals surface area contributed by atoms with Gasteiger partial charge in [0.15, 0.2) is 0 Å². The van der Waals surface area contributed by atoms with Gasteiger partial charge in [-0.1, -0.05) is 0 Å². The van der Waals surface area contributed by atoms with Gasteiger partial charge in [0.2, 0.25) is 0 Å². The SMILES string of the molecule is Cc1ncsc1CNc1ncccc1C(F)(F)F. The van der Waals surface area contributed by atoms with Crippen LogP contribution in [0.2, 0.25) is 0 Å². The summed E-state index contributed by atoms with van der Waals surface area (Å²) in [6.07, 6.45) is -3.07. The van der Waals surface area contributed by atoms with E-state index in [1.807, 2.05) is 6.92 Å². The van der Waals surface area contributed by atoms with E-state index in [1.54, 1.807) is 5.51 Å². The summed E-state index contributed by atoms with van der Waals surface area (Å²) in [5.41, 5.74) is 1.72. The quantitative estimate of drug-likeness (QED) is 0.930. The molecule has 1 N–H and O–H groups in total. The van der Waals surface area contributed by atoms with Crippen molar-refractivity contribution in [3.05, 3.63) is 40.0 Å². The van der Waals surface area contributed by atoms with Crippen LogP contribution in [0.1, 0.15) is 16.1 Å². The standard InChI is InChI=1S/C11H10F3N3S/c1-7-9(18-6-17-7)5-16-10-8(11(12,13)14)3-2-4-15-10/h2-4,6H,5H2,1H3,(H,15,16). The number of anilines is 1. The normalized spacial score (nSPS) is 11.6. The molecule has 0 fully saturated rings. The van der Waals surface area contributed by atoms with Crippen molar-refractivity contribution in [2.24, 2.45) is 0 Å². The second kappa shape index (κ2) is 4.93. The minimum absolute atomic E-state index is 0.155. The monoisotopic (exact) mass is 273 g/mol. The molecule has 0 aliphatic carbocycles. The van der Waals surface area contributed by atoms with Crippen molar-refractivity contribution in [3.8, 4) is 0 Å². The number of hydrogen-bond acceptors (Lipinski definition) is 4. The van der Waals surface area contributed by atoms with Gasteiger partial charge in [-0.05, 0) is 19.1 Å². The molecule has 0 saturated heterocycles. The predicted octanol–water partition coefficient (Wildman–Crippen LogP) is 3.48. The lowest BCUT2D eigenvalue weighted by Crippen LogP contribution is -2.12. The summed E-state index contributed by atoms with van der Waals surface area (Å²) in [6.45, 7) is 2.10. The van der Waals surface area contributed by atoms with Gasteiger partial charge in [0, 0.05) is 11.1 Å². The lowest BCUT2D eigenvalue weighted by Gasteiger charge is -2.12. The first-order valence-corrected chi connectivity index (χ1v) is 6.01. The Bertz CT molecular complexity index is 536. The first-order chi connectivity index (χ1) is 8.48. The summed E-state index contributed by atoms with van der Waals surface area (Å²) in [4.78, 5) is 8.66. The highest BCUT2D eigenvalue weighted by atomic mass is 32.1. The molecular weight excluding hydrogens is 263 g/mol. The van der Waals surface area contributed by atoms with Gasteiger partial charge < -0.3 is 5.32 Å². The average Bonchev–Trinajstić information content (AvgIpc) is 2.71. The average molecular weight is 273 g/mol. The molecule has 0 saturated carbocycles. The van der Waals surface area contributed by atoms with Crippen molar-refractivity contribution in [1.29, 1.82) is 0 Å². The van der Waals surface area contributed by atoms with Crippen LogP contribution in [0.4, 0.5) is 19.0 Å². The second-order valence-electron chi connectivity index (χ2n) is 3.61. The molecule has 18 heavy (non-hydrogen) atoms. The van der Waals surface area contributed by atoms with E-state index in [4.69, 9.17) is 0 Å². The molecule has 3 nitrogen and oxygen atoms in total. The zero-order chi connectivity index (χ0) is 13.2. The number of pyridine rings is 1. The molecule has 96 valence electrons. The van der Waals surface area contributed by atoms with Crippen LogP contribution in [0.5, 0.6) is 0 Å². The fourth-order valence-corrected chi connectivity index (χ4v) is 2.15. The van der Waals surface area contributed by atoms with Crippen LogP contribution in [-0.2, 0) is 12.7 Å². The van der Waals surface area contributed by atoms with Crippen LogP contribution in [-0.4, -0.2) is 9.97 Å². The Morgan fingerprint density at radius 1 is 1.33 bits per heavy atom. The third-order valence-corrected chi connectivity index (χ3v) is 3.31. The minimum atomic E-state index is -4.40. The third-order valence-electron chi connectivity index (χ3n) is 2.37. The number of aromatic nitrogens is 2. The molecule has 2 heterocycles. The second-order valence-corrected chi connectivity index (χ2v) is 4.55. The van der Waals surface area contributed by atoms with E-state index in [0.717, 1.165) is 16.6 Å². The summed E-state index contributed by atoms with van der Waals surface area (Å²) in [5, 5.41) is 2.70. The molecule has 0 radical (unpaired) electrons. The number of nitrogens with zero attached hydrogens (tertiary/aromatic N) is 2. The van der Waals surface area contributed by atoms with Gasteiger partial charge in [0.05, 0.1) is 23.3 Å². The highest BCUT2D eigenvalue weighted by molar-refractivity contribution is 7.09. The van der Waals surface area contributed by atoms with Crippen molar-refractivity contribution in [1.82, 2.24) is 9.97 Å². The zero-order valence-corrected chi connectivity index (χ0v) is 10.3. The number of alkyl halides is 3. The Balaban J connectivity index is 2.17. The van der Waals surface area contributed by atoms with E-state index < -0.39 is 11.7 Å². The Morgan fingerprint density at radius 2 is 2.11 bits per heavy atom. The number of nitrogens with one attached hydrogen (secondary N) is 1. The van der Waals surface area contributed by atoms with Crippen molar-refractivity contribution < 1.29 is 13.2 Å². The van der Waals surface area contributed by atoms with Crippen LogP contribution in [0, 0.1) is 6.92 Å². The Kier molecular flexibility index (Phi) is 3.51. The summed E-state index contributed by atoms with van der Waals surface area (Å²) >= 11 is 1.40. The van der Waals surface area contributed by atoms with E-state index in [0.29, 0.717) is 0 Å². The van der Waals surface area contributed by atoms with Gasteiger partial charge in [-0.2, -0.15) is 13.2 Å². The molecule has 2 aromatic rings. The molecule has 0 bridgehead atoms. The highest BCUT2D eigenvalue weighted by Crippen LogP contribution is 2.33. The van der Waals surface area contributed by atoms with Crippen molar-refractivity contribution in [2.75, 3.05) is 5.32 Å². The molecule has 0 aliphatic rings. The minimum Gasteiger partial charge on any atom is -0.365 e. The lowest BCUT2D eigenvalue weighted by atomic mass is 10.2. The van der Waals surface area contributed by atoms with Gasteiger partial charge in [-0.25, -0.2) is 9.97 Å². The van der Waals surface area contributed by atoms with E-state index in [-0.39, 0.29) is 12.4 Å². The fourth-order valence-electron chi connectivity index (χ4n) is 1.43. The molecule has 0 aromatic carbocycles. The van der Waals surface area contributed by atoms with Crippen LogP contribution in [0.25, 0.3) is 0 Å². The fraction of sp³-hybridized carbons (Fsp3) is 0.273. The maximum atomic E-state index is 12.7. The first-order valence-electron chi connectivity index (χ1n) is 5.13. The Morgan fingerprint density at radius 3 is 2.72 bits per heavy atom. The third kappa shape index (κ3) is 2.79. The Hall–Kier alpha value is -1.63. The number of thiazole rings is 1. The molecule has 0 amide bonds. The predicted molar refractivity (Wildman–Crippen MR) is 63.4 cm³/mol. The lowest BCUT2D eigenvalue weighted by molar-refractivity contribution is -0.137. The largest absolute Gasteiger partial charge is 0.419 e. The molecule has 0 atom stereocenters. The molecule has 0 aliphatic heterocycles. The van der Waals surface area contributed by atoms with E-state index in [9.17, 15) is 13.2 Å². The number of halogens is 3. The van der Waals surface area contributed by atoms with Gasteiger partial charge in [0.1, 0.15) is 5.82 Å². The van der Waals surface area contributed by atoms with Gasteiger partial charge in [-0.15, -0.1) is 11.3 Å².